The summed E-state index contributed by atoms with van der Waals surface area (Å²) in [4.78, 5) is 28.4. The van der Waals surface area contributed by atoms with Crippen LogP contribution in [0.3, 0.4) is 0 Å². The average Bonchev–Trinajstić information content (AvgIpc) is 3.50. The number of primary amides is 1. The van der Waals surface area contributed by atoms with Crippen LogP contribution in [0.15, 0.2) is 59.8 Å². The fourth-order valence-corrected chi connectivity index (χ4v) is 4.91. The SMILES string of the molecule is NC(=O)CCN(Cc1ccccc1)C(=O)CSc1nnc(N2CCCC2)n1-c1cccc(Cl)c1. The number of carbonyl (C=O) groups excluding carboxylic acids is 2. The number of amides is 2. The van der Waals surface area contributed by atoms with Gasteiger partial charge in [0.15, 0.2) is 5.16 Å². The van der Waals surface area contributed by atoms with Crippen LogP contribution in [0.5, 0.6) is 0 Å². The van der Waals surface area contributed by atoms with Gasteiger partial charge in [0.05, 0.1) is 11.4 Å². The van der Waals surface area contributed by atoms with Crippen LogP contribution in [0.1, 0.15) is 24.8 Å². The predicted octanol–water partition coefficient (Wildman–Crippen LogP) is 3.52. The van der Waals surface area contributed by atoms with E-state index < -0.39 is 5.91 Å². The van der Waals surface area contributed by atoms with Gasteiger partial charge in [-0.15, -0.1) is 10.2 Å². The Hall–Kier alpha value is -3.04. The summed E-state index contributed by atoms with van der Waals surface area (Å²) in [5.41, 5.74) is 7.18. The summed E-state index contributed by atoms with van der Waals surface area (Å²) in [5, 5.41) is 10.1. The van der Waals surface area contributed by atoms with Crippen LogP contribution >= 0.6 is 23.4 Å². The second-order valence-corrected chi connectivity index (χ2v) is 9.48. The van der Waals surface area contributed by atoms with E-state index in [1.807, 2.05) is 59.2 Å². The summed E-state index contributed by atoms with van der Waals surface area (Å²) < 4.78 is 1.96. The number of carbonyl (C=O) groups is 2. The average molecular weight is 499 g/mol. The van der Waals surface area contributed by atoms with E-state index in [1.165, 1.54) is 11.8 Å². The lowest BCUT2D eigenvalue weighted by Crippen LogP contribution is -2.34. The van der Waals surface area contributed by atoms with Crippen molar-refractivity contribution >= 4 is 41.1 Å². The Labute approximate surface area is 208 Å². The molecule has 1 aliphatic rings. The lowest BCUT2D eigenvalue weighted by molar-refractivity contribution is -0.129. The van der Waals surface area contributed by atoms with Crippen LogP contribution < -0.4 is 10.6 Å². The number of nitrogens with zero attached hydrogens (tertiary/aromatic N) is 5. The first kappa shape index (κ1) is 24.1. The molecule has 178 valence electrons. The van der Waals surface area contributed by atoms with E-state index in [-0.39, 0.29) is 24.6 Å². The Kier molecular flexibility index (Phi) is 8.08. The molecule has 0 bridgehead atoms. The van der Waals surface area contributed by atoms with E-state index in [4.69, 9.17) is 17.3 Å². The molecule has 0 spiro atoms. The van der Waals surface area contributed by atoms with Crippen molar-refractivity contribution in [2.45, 2.75) is 31.0 Å². The molecule has 10 heteroatoms. The fourth-order valence-electron chi connectivity index (χ4n) is 3.88. The van der Waals surface area contributed by atoms with Gasteiger partial charge in [-0.25, -0.2) is 0 Å². The maximum atomic E-state index is 13.2. The Morgan fingerprint density at radius 3 is 2.53 bits per heavy atom. The molecule has 2 aromatic carbocycles. The molecule has 1 saturated heterocycles. The highest BCUT2D eigenvalue weighted by Crippen LogP contribution is 2.30. The van der Waals surface area contributed by atoms with Crippen LogP contribution in [0.4, 0.5) is 5.95 Å². The molecule has 4 rings (SSSR count). The van der Waals surface area contributed by atoms with Crippen molar-refractivity contribution in [3.05, 3.63) is 65.2 Å². The third-order valence-corrected chi connectivity index (χ3v) is 6.74. The molecule has 0 unspecified atom stereocenters. The maximum absolute atomic E-state index is 13.2. The van der Waals surface area contributed by atoms with Gasteiger partial charge in [-0.2, -0.15) is 0 Å². The summed E-state index contributed by atoms with van der Waals surface area (Å²) in [5.74, 6) is 0.377. The van der Waals surface area contributed by atoms with E-state index >= 15 is 0 Å². The zero-order chi connectivity index (χ0) is 23.9. The van der Waals surface area contributed by atoms with Crippen molar-refractivity contribution in [1.82, 2.24) is 19.7 Å². The summed E-state index contributed by atoms with van der Waals surface area (Å²) in [6.45, 7) is 2.51. The first-order valence-electron chi connectivity index (χ1n) is 11.2. The Morgan fingerprint density at radius 1 is 1.06 bits per heavy atom. The number of halogens is 1. The smallest absolute Gasteiger partial charge is 0.233 e. The van der Waals surface area contributed by atoms with Crippen molar-refractivity contribution in [3.63, 3.8) is 0 Å². The molecule has 0 atom stereocenters. The maximum Gasteiger partial charge on any atom is 0.233 e. The quantitative estimate of drug-likeness (QED) is 0.429. The van der Waals surface area contributed by atoms with Crippen LogP contribution in [0.25, 0.3) is 5.69 Å². The zero-order valence-electron chi connectivity index (χ0n) is 18.8. The van der Waals surface area contributed by atoms with Gasteiger partial charge in [-0.1, -0.05) is 59.8 Å². The molecule has 3 aromatic rings. The largest absolute Gasteiger partial charge is 0.370 e. The van der Waals surface area contributed by atoms with E-state index in [1.54, 1.807) is 4.90 Å². The third kappa shape index (κ3) is 6.09. The summed E-state index contributed by atoms with van der Waals surface area (Å²) in [7, 11) is 0. The van der Waals surface area contributed by atoms with Gasteiger partial charge in [0.25, 0.3) is 0 Å². The van der Waals surface area contributed by atoms with Gasteiger partial charge in [-0.3, -0.25) is 14.2 Å². The normalized spacial score (nSPS) is 13.3. The molecule has 2 heterocycles. The number of thioether (sulfide) groups is 1. The van der Waals surface area contributed by atoms with E-state index in [2.05, 4.69) is 15.1 Å². The van der Waals surface area contributed by atoms with Crippen molar-refractivity contribution in [1.29, 1.82) is 0 Å². The molecule has 0 saturated carbocycles. The van der Waals surface area contributed by atoms with E-state index in [0.29, 0.717) is 16.7 Å². The van der Waals surface area contributed by atoms with Gasteiger partial charge in [0, 0.05) is 37.6 Å². The van der Waals surface area contributed by atoms with Crippen molar-refractivity contribution in [2.75, 3.05) is 30.3 Å². The van der Waals surface area contributed by atoms with Gasteiger partial charge in [-0.05, 0) is 36.6 Å². The van der Waals surface area contributed by atoms with Crippen molar-refractivity contribution in [3.8, 4) is 5.69 Å². The number of nitrogens with two attached hydrogens (primary N) is 1. The van der Waals surface area contributed by atoms with Crippen LogP contribution in [0.2, 0.25) is 5.02 Å². The highest BCUT2D eigenvalue weighted by atomic mass is 35.5. The highest BCUT2D eigenvalue weighted by Gasteiger charge is 2.24. The van der Waals surface area contributed by atoms with Gasteiger partial charge < -0.3 is 15.5 Å². The Bertz CT molecular complexity index is 1130. The van der Waals surface area contributed by atoms with E-state index in [9.17, 15) is 9.59 Å². The molecule has 2 N–H and O–H groups in total. The van der Waals surface area contributed by atoms with Gasteiger partial charge >= 0.3 is 0 Å². The van der Waals surface area contributed by atoms with Crippen LogP contribution in [0, 0.1) is 0 Å². The number of hydrogen-bond acceptors (Lipinski definition) is 6. The number of rotatable bonds is 10. The van der Waals surface area contributed by atoms with Crippen molar-refractivity contribution < 1.29 is 9.59 Å². The molecule has 34 heavy (non-hydrogen) atoms. The lowest BCUT2D eigenvalue weighted by atomic mass is 10.2. The van der Waals surface area contributed by atoms with E-state index in [0.717, 1.165) is 43.1 Å². The fraction of sp³-hybridized carbons (Fsp3) is 0.333. The van der Waals surface area contributed by atoms with Crippen LogP contribution in [-0.4, -0.2) is 56.9 Å². The molecular formula is C24H27ClN6O2S. The zero-order valence-corrected chi connectivity index (χ0v) is 20.3. The minimum absolute atomic E-state index is 0.0986. The minimum Gasteiger partial charge on any atom is -0.370 e. The Balaban J connectivity index is 1.54. The second kappa shape index (κ2) is 11.4. The highest BCUT2D eigenvalue weighted by molar-refractivity contribution is 7.99. The third-order valence-electron chi connectivity index (χ3n) is 5.59. The lowest BCUT2D eigenvalue weighted by Gasteiger charge is -2.22. The monoisotopic (exact) mass is 498 g/mol. The first-order valence-corrected chi connectivity index (χ1v) is 12.6. The molecule has 1 aliphatic heterocycles. The molecule has 1 fully saturated rings. The molecule has 8 nitrogen and oxygen atoms in total. The number of hydrogen-bond donors (Lipinski definition) is 1. The molecular weight excluding hydrogens is 472 g/mol. The number of anilines is 1. The molecule has 2 amide bonds. The predicted molar refractivity (Wildman–Crippen MR) is 134 cm³/mol. The number of benzene rings is 2. The summed E-state index contributed by atoms with van der Waals surface area (Å²) in [6.07, 6.45) is 2.33. The van der Waals surface area contributed by atoms with Crippen LogP contribution in [-0.2, 0) is 16.1 Å². The second-order valence-electron chi connectivity index (χ2n) is 8.10. The topological polar surface area (TPSA) is 97.3 Å². The molecule has 0 aliphatic carbocycles. The molecule has 1 aromatic heterocycles. The van der Waals surface area contributed by atoms with Crippen molar-refractivity contribution in [2.24, 2.45) is 5.73 Å². The Morgan fingerprint density at radius 2 is 1.82 bits per heavy atom. The minimum atomic E-state index is -0.436. The molecule has 0 radical (unpaired) electrons. The summed E-state index contributed by atoms with van der Waals surface area (Å²) >= 11 is 7.58. The first-order chi connectivity index (χ1) is 16.5. The summed E-state index contributed by atoms with van der Waals surface area (Å²) in [6, 6.07) is 17.2. The number of aromatic nitrogens is 3. The standard InChI is InChI=1S/C24H27ClN6O2S/c25-19-9-6-10-20(15-19)31-23(29-12-4-5-13-29)27-28-24(31)34-17-22(33)30(14-11-21(26)32)16-18-7-2-1-3-8-18/h1-3,6-10,15H,4-5,11-14,16-17H2,(H2,26,32). The van der Waals surface area contributed by atoms with Gasteiger partial charge in [0.2, 0.25) is 17.8 Å². The van der Waals surface area contributed by atoms with Gasteiger partial charge in [0.1, 0.15) is 0 Å².